The summed E-state index contributed by atoms with van der Waals surface area (Å²) in [7, 11) is 0. The molecule has 0 atom stereocenters. The number of halogens is 4. The van der Waals surface area contributed by atoms with Crippen molar-refractivity contribution in [1.82, 2.24) is 4.98 Å². The summed E-state index contributed by atoms with van der Waals surface area (Å²) in [6.45, 7) is 0.745. The molecule has 0 aromatic carbocycles. The Hall–Kier alpha value is -0.970. The molecular formula is C11H12ClF3N2. The molecular weight excluding hydrogens is 253 g/mol. The second kappa shape index (κ2) is 4.72. The molecule has 0 amide bonds. The van der Waals surface area contributed by atoms with Crippen LogP contribution >= 0.6 is 11.6 Å². The van der Waals surface area contributed by atoms with E-state index in [2.05, 4.69) is 4.98 Å². The maximum Gasteiger partial charge on any atom is 0.391 e. The van der Waals surface area contributed by atoms with Gasteiger partial charge in [0.2, 0.25) is 0 Å². The fourth-order valence-corrected chi connectivity index (χ4v) is 2.17. The highest BCUT2D eigenvalue weighted by molar-refractivity contribution is 6.29. The molecule has 1 aromatic heterocycles. The molecule has 0 unspecified atom stereocenters. The summed E-state index contributed by atoms with van der Waals surface area (Å²) in [5.41, 5.74) is 0. The Morgan fingerprint density at radius 1 is 1.24 bits per heavy atom. The monoisotopic (exact) mass is 264 g/mol. The molecule has 1 fully saturated rings. The molecule has 1 aliphatic rings. The van der Waals surface area contributed by atoms with E-state index in [1.807, 2.05) is 4.90 Å². The fraction of sp³-hybridized carbons (Fsp3) is 0.545. The van der Waals surface area contributed by atoms with Crippen LogP contribution in [-0.2, 0) is 0 Å². The maximum absolute atomic E-state index is 12.5. The van der Waals surface area contributed by atoms with Crippen LogP contribution in [0.25, 0.3) is 0 Å². The predicted molar refractivity (Wildman–Crippen MR) is 60.2 cm³/mol. The van der Waals surface area contributed by atoms with Gasteiger partial charge in [-0.1, -0.05) is 17.7 Å². The minimum atomic E-state index is -4.08. The van der Waals surface area contributed by atoms with Crippen molar-refractivity contribution in [2.75, 3.05) is 18.0 Å². The molecule has 1 aliphatic heterocycles. The lowest BCUT2D eigenvalue weighted by molar-refractivity contribution is -0.179. The lowest BCUT2D eigenvalue weighted by Crippen LogP contribution is -2.39. The van der Waals surface area contributed by atoms with Crippen molar-refractivity contribution in [2.24, 2.45) is 5.92 Å². The number of anilines is 1. The highest BCUT2D eigenvalue weighted by Crippen LogP contribution is 2.35. The number of aromatic nitrogens is 1. The van der Waals surface area contributed by atoms with E-state index < -0.39 is 12.1 Å². The Bertz CT molecular complexity index is 387. The van der Waals surface area contributed by atoms with Crippen LogP contribution in [0.3, 0.4) is 0 Å². The Morgan fingerprint density at radius 3 is 2.41 bits per heavy atom. The van der Waals surface area contributed by atoms with Crippen LogP contribution in [0.2, 0.25) is 5.15 Å². The number of nitrogens with zero attached hydrogens (tertiary/aromatic N) is 2. The van der Waals surface area contributed by atoms with Gasteiger partial charge in [0.05, 0.1) is 5.92 Å². The largest absolute Gasteiger partial charge is 0.391 e. The average Bonchev–Trinajstić information content (AvgIpc) is 2.28. The maximum atomic E-state index is 12.5. The Labute approximate surface area is 102 Å². The third kappa shape index (κ3) is 3.03. The van der Waals surface area contributed by atoms with Crippen LogP contribution in [0.4, 0.5) is 19.0 Å². The zero-order chi connectivity index (χ0) is 12.5. The molecule has 0 aliphatic carbocycles. The van der Waals surface area contributed by atoms with E-state index in [1.54, 1.807) is 18.2 Å². The minimum Gasteiger partial charge on any atom is -0.357 e. The van der Waals surface area contributed by atoms with Gasteiger partial charge in [0.15, 0.2) is 0 Å². The van der Waals surface area contributed by atoms with Gasteiger partial charge in [-0.25, -0.2) is 4.98 Å². The van der Waals surface area contributed by atoms with Gasteiger partial charge < -0.3 is 4.90 Å². The van der Waals surface area contributed by atoms with Crippen LogP contribution in [0.15, 0.2) is 18.2 Å². The molecule has 0 bridgehead atoms. The van der Waals surface area contributed by atoms with Gasteiger partial charge in [-0.2, -0.15) is 13.2 Å². The van der Waals surface area contributed by atoms with Crippen molar-refractivity contribution in [1.29, 1.82) is 0 Å². The quantitative estimate of drug-likeness (QED) is 0.722. The van der Waals surface area contributed by atoms with Crippen molar-refractivity contribution in [3.8, 4) is 0 Å². The third-order valence-corrected chi connectivity index (χ3v) is 3.19. The first kappa shape index (κ1) is 12.5. The fourth-order valence-electron chi connectivity index (χ4n) is 2.01. The molecule has 1 aromatic rings. The highest BCUT2D eigenvalue weighted by Gasteiger charge is 2.41. The number of hydrogen-bond acceptors (Lipinski definition) is 2. The summed E-state index contributed by atoms with van der Waals surface area (Å²) in [4.78, 5) is 5.94. The van der Waals surface area contributed by atoms with Crippen molar-refractivity contribution >= 4 is 17.4 Å². The van der Waals surface area contributed by atoms with Gasteiger partial charge in [0.1, 0.15) is 11.0 Å². The van der Waals surface area contributed by atoms with Crippen LogP contribution in [0.1, 0.15) is 12.8 Å². The Kier molecular flexibility index (Phi) is 3.47. The topological polar surface area (TPSA) is 16.1 Å². The normalized spacial score (nSPS) is 18.5. The van der Waals surface area contributed by atoms with Crippen LogP contribution in [-0.4, -0.2) is 24.2 Å². The van der Waals surface area contributed by atoms with E-state index in [0.717, 1.165) is 0 Å². The van der Waals surface area contributed by atoms with E-state index in [-0.39, 0.29) is 12.8 Å². The lowest BCUT2D eigenvalue weighted by atomic mass is 9.96. The van der Waals surface area contributed by atoms with Gasteiger partial charge in [-0.05, 0) is 25.0 Å². The van der Waals surface area contributed by atoms with Gasteiger partial charge in [-0.15, -0.1) is 0 Å². The highest BCUT2D eigenvalue weighted by atomic mass is 35.5. The summed E-state index contributed by atoms with van der Waals surface area (Å²) in [5, 5.41) is 0.362. The molecule has 2 nitrogen and oxygen atoms in total. The second-order valence-electron chi connectivity index (χ2n) is 4.12. The summed E-state index contributed by atoms with van der Waals surface area (Å²) >= 11 is 5.75. The second-order valence-corrected chi connectivity index (χ2v) is 4.51. The third-order valence-electron chi connectivity index (χ3n) is 2.98. The van der Waals surface area contributed by atoms with Crippen molar-refractivity contribution < 1.29 is 13.2 Å². The number of pyridine rings is 1. The van der Waals surface area contributed by atoms with E-state index >= 15 is 0 Å². The summed E-state index contributed by atoms with van der Waals surface area (Å²) < 4.78 is 37.4. The average molecular weight is 265 g/mol. The van der Waals surface area contributed by atoms with Crippen molar-refractivity contribution in [3.63, 3.8) is 0 Å². The molecule has 6 heteroatoms. The molecule has 0 radical (unpaired) electrons. The number of alkyl halides is 3. The van der Waals surface area contributed by atoms with Crippen molar-refractivity contribution in [3.05, 3.63) is 23.4 Å². The van der Waals surface area contributed by atoms with Gasteiger partial charge in [0.25, 0.3) is 0 Å². The molecule has 17 heavy (non-hydrogen) atoms. The van der Waals surface area contributed by atoms with E-state index in [9.17, 15) is 13.2 Å². The van der Waals surface area contributed by atoms with Crippen molar-refractivity contribution in [2.45, 2.75) is 19.0 Å². The number of rotatable bonds is 1. The SMILES string of the molecule is FC(F)(F)C1CCN(c2cccc(Cl)n2)CC1. The van der Waals surface area contributed by atoms with Gasteiger partial charge in [-0.3, -0.25) is 0 Å². The summed E-state index contributed by atoms with van der Waals surface area (Å²) in [5.74, 6) is -0.531. The zero-order valence-corrected chi connectivity index (χ0v) is 9.80. The first-order chi connectivity index (χ1) is 7.97. The molecule has 94 valence electrons. The lowest BCUT2D eigenvalue weighted by Gasteiger charge is -2.33. The van der Waals surface area contributed by atoms with Gasteiger partial charge in [0, 0.05) is 13.1 Å². The van der Waals surface area contributed by atoms with E-state index in [1.165, 1.54) is 0 Å². The minimum absolute atomic E-state index is 0.123. The molecule has 0 N–H and O–H groups in total. The molecule has 0 spiro atoms. The first-order valence-corrected chi connectivity index (χ1v) is 5.79. The number of piperidine rings is 1. The molecule has 1 saturated heterocycles. The summed E-state index contributed by atoms with van der Waals surface area (Å²) in [6.07, 6.45) is -3.83. The standard InChI is InChI=1S/C11H12ClF3N2/c12-9-2-1-3-10(16-9)17-6-4-8(5-7-17)11(13,14)15/h1-3,8H,4-7H2. The smallest absolute Gasteiger partial charge is 0.357 e. The van der Waals surface area contributed by atoms with Gasteiger partial charge >= 0.3 is 6.18 Å². The first-order valence-electron chi connectivity index (χ1n) is 5.41. The van der Waals surface area contributed by atoms with Crippen LogP contribution < -0.4 is 4.90 Å². The molecule has 2 heterocycles. The Morgan fingerprint density at radius 2 is 1.88 bits per heavy atom. The summed E-state index contributed by atoms with van der Waals surface area (Å²) in [6, 6.07) is 5.16. The number of hydrogen-bond donors (Lipinski definition) is 0. The van der Waals surface area contributed by atoms with E-state index in [0.29, 0.717) is 24.1 Å². The van der Waals surface area contributed by atoms with E-state index in [4.69, 9.17) is 11.6 Å². The predicted octanol–water partition coefficient (Wildman–Crippen LogP) is 3.51. The molecule has 0 saturated carbocycles. The molecule has 2 rings (SSSR count). The van der Waals surface area contributed by atoms with Crippen LogP contribution in [0.5, 0.6) is 0 Å². The van der Waals surface area contributed by atoms with Crippen LogP contribution in [0, 0.1) is 5.92 Å². The Balaban J connectivity index is 2.00. The zero-order valence-electron chi connectivity index (χ0n) is 9.04.